The van der Waals surface area contributed by atoms with Crippen LogP contribution in [-0.4, -0.2) is 60.2 Å². The van der Waals surface area contributed by atoms with Gasteiger partial charge in [-0.3, -0.25) is 4.79 Å². The van der Waals surface area contributed by atoms with Crippen LogP contribution in [-0.2, 0) is 9.53 Å². The first-order valence-electron chi connectivity index (χ1n) is 11.0. The number of carbonyl (C=O) groups excluding carboxylic acids is 1. The molecule has 0 fully saturated rings. The van der Waals surface area contributed by atoms with Crippen LogP contribution >= 0.6 is 0 Å². The Labute approximate surface area is 210 Å². The van der Waals surface area contributed by atoms with Crippen LogP contribution in [0.1, 0.15) is 58.8 Å². The van der Waals surface area contributed by atoms with Gasteiger partial charge in [-0.05, 0) is 6.42 Å². The highest BCUT2D eigenvalue weighted by Gasteiger charge is 2.95. The quantitative estimate of drug-likeness (QED) is 0.0982. The molecule has 0 saturated heterocycles. The fraction of sp³-hybridized carbons (Fsp3) is 0.950. The number of hydrogen-bond donors (Lipinski definition) is 0. The molecule has 0 spiro atoms. The van der Waals surface area contributed by atoms with Crippen LogP contribution in [0.25, 0.3) is 0 Å². The third-order valence-electron chi connectivity index (χ3n) is 5.60. The molecule has 0 aliphatic rings. The van der Waals surface area contributed by atoms with Gasteiger partial charge in [0.25, 0.3) is 0 Å². The predicted octanol–water partition coefficient (Wildman–Crippen LogP) is 8.93. The van der Waals surface area contributed by atoms with E-state index in [0.717, 1.165) is 19.3 Å². The first-order chi connectivity index (χ1) is 17.1. The molecule has 0 aliphatic carbocycles. The van der Waals surface area contributed by atoms with Crippen molar-refractivity contribution in [1.29, 1.82) is 0 Å². The van der Waals surface area contributed by atoms with E-state index in [9.17, 15) is 79.4 Å². The number of halogens is 17. The molecule has 0 rings (SSSR count). The summed E-state index contributed by atoms with van der Waals surface area (Å²) in [6.07, 6.45) is -6.00. The van der Waals surface area contributed by atoms with E-state index in [1.807, 2.05) is 6.92 Å². The Hall–Kier alpha value is -1.72. The smallest absolute Gasteiger partial charge is 0.460 e. The zero-order chi connectivity index (χ0) is 31.5. The standard InChI is InChI=1S/C20H23F17O2/c1-3-4-5-6-7-8-9-39-12(38)10-11(2)13(21,22)14(23,24)15(25,26)16(27,28)17(29,30)18(31,32)19(33,34)20(35,36)37/h11H,3-10H2,1-2H3. The van der Waals surface area contributed by atoms with Gasteiger partial charge in [0, 0.05) is 5.92 Å². The van der Waals surface area contributed by atoms with Crippen molar-refractivity contribution in [2.45, 2.75) is 106 Å². The highest BCUT2D eigenvalue weighted by atomic mass is 19.4. The summed E-state index contributed by atoms with van der Waals surface area (Å²) in [5.41, 5.74) is 0. The van der Waals surface area contributed by atoms with Gasteiger partial charge >= 0.3 is 53.6 Å². The molecule has 0 bridgehead atoms. The summed E-state index contributed by atoms with van der Waals surface area (Å²) in [7, 11) is 0. The molecule has 39 heavy (non-hydrogen) atoms. The summed E-state index contributed by atoms with van der Waals surface area (Å²) >= 11 is 0. The molecule has 19 heteroatoms. The summed E-state index contributed by atoms with van der Waals surface area (Å²) in [6, 6.07) is 0. The van der Waals surface area contributed by atoms with Crippen LogP contribution in [0.5, 0.6) is 0 Å². The minimum atomic E-state index is -8.68. The van der Waals surface area contributed by atoms with E-state index >= 15 is 0 Å². The summed E-state index contributed by atoms with van der Waals surface area (Å²) in [5, 5.41) is 0. The van der Waals surface area contributed by atoms with Gasteiger partial charge in [0.2, 0.25) is 0 Å². The van der Waals surface area contributed by atoms with E-state index in [4.69, 9.17) is 0 Å². The predicted molar refractivity (Wildman–Crippen MR) is 98.8 cm³/mol. The maximum Gasteiger partial charge on any atom is 0.460 e. The molecule has 0 amide bonds. The van der Waals surface area contributed by atoms with Crippen LogP contribution in [0.3, 0.4) is 0 Å². The molecule has 234 valence electrons. The van der Waals surface area contributed by atoms with Gasteiger partial charge < -0.3 is 4.74 Å². The third kappa shape index (κ3) is 6.62. The molecule has 0 saturated carbocycles. The van der Waals surface area contributed by atoms with E-state index in [0.29, 0.717) is 12.8 Å². The van der Waals surface area contributed by atoms with Gasteiger partial charge in [-0.15, -0.1) is 0 Å². The third-order valence-corrected chi connectivity index (χ3v) is 5.60. The number of unbranched alkanes of at least 4 members (excludes halogenated alkanes) is 5. The highest BCUT2D eigenvalue weighted by molar-refractivity contribution is 5.69. The van der Waals surface area contributed by atoms with Gasteiger partial charge in [0.15, 0.2) is 0 Å². The molecule has 0 aromatic carbocycles. The summed E-state index contributed by atoms with van der Waals surface area (Å²) in [6.45, 7) is 1.26. The van der Waals surface area contributed by atoms with E-state index in [1.165, 1.54) is 0 Å². The van der Waals surface area contributed by atoms with Crippen LogP contribution < -0.4 is 0 Å². The van der Waals surface area contributed by atoms with Crippen molar-refractivity contribution >= 4 is 5.97 Å². The molecule has 1 atom stereocenters. The van der Waals surface area contributed by atoms with Crippen LogP contribution in [0, 0.1) is 5.92 Å². The van der Waals surface area contributed by atoms with Crippen molar-refractivity contribution in [3.63, 3.8) is 0 Å². The Kier molecular flexibility index (Phi) is 11.5. The summed E-state index contributed by atoms with van der Waals surface area (Å²) in [4.78, 5) is 11.6. The van der Waals surface area contributed by atoms with Gasteiger partial charge in [0.1, 0.15) is 0 Å². The van der Waals surface area contributed by atoms with Crippen LogP contribution in [0.4, 0.5) is 74.6 Å². The van der Waals surface area contributed by atoms with E-state index in [1.54, 1.807) is 0 Å². The Morgan fingerprint density at radius 2 is 0.923 bits per heavy atom. The fourth-order valence-corrected chi connectivity index (χ4v) is 2.99. The second kappa shape index (κ2) is 12.0. The van der Waals surface area contributed by atoms with Crippen molar-refractivity contribution in [2.75, 3.05) is 6.61 Å². The highest BCUT2D eigenvalue weighted by Crippen LogP contribution is 2.64. The van der Waals surface area contributed by atoms with Crippen molar-refractivity contribution in [3.8, 4) is 0 Å². The van der Waals surface area contributed by atoms with Gasteiger partial charge in [-0.2, -0.15) is 74.6 Å². The Balaban J connectivity index is 5.93. The van der Waals surface area contributed by atoms with Crippen molar-refractivity contribution in [3.05, 3.63) is 0 Å². The number of alkyl halides is 17. The molecule has 0 N–H and O–H groups in total. The largest absolute Gasteiger partial charge is 0.466 e. The van der Waals surface area contributed by atoms with Crippen molar-refractivity contribution in [2.24, 2.45) is 5.92 Å². The van der Waals surface area contributed by atoms with E-state index in [2.05, 4.69) is 4.74 Å². The topological polar surface area (TPSA) is 26.3 Å². The molecule has 0 radical (unpaired) electrons. The summed E-state index contributed by atoms with van der Waals surface area (Å²) in [5.74, 6) is -62.1. The lowest BCUT2D eigenvalue weighted by molar-refractivity contribution is -0.463. The molecule has 0 aromatic heterocycles. The first kappa shape index (κ1) is 37.3. The number of rotatable bonds is 16. The van der Waals surface area contributed by atoms with E-state index in [-0.39, 0.29) is 13.3 Å². The minimum absolute atomic E-state index is 0.131. The number of hydrogen-bond acceptors (Lipinski definition) is 2. The molecule has 2 nitrogen and oxygen atoms in total. The SMILES string of the molecule is CCCCCCCCOC(=O)CC(C)C(F)(F)C(F)(F)C(F)(F)C(F)(F)C(F)(F)C(F)(F)C(F)(F)C(F)(F)F. The maximum atomic E-state index is 14.1. The van der Waals surface area contributed by atoms with Crippen molar-refractivity contribution in [1.82, 2.24) is 0 Å². The fourth-order valence-electron chi connectivity index (χ4n) is 2.99. The Morgan fingerprint density at radius 3 is 1.33 bits per heavy atom. The monoisotopic (exact) mass is 618 g/mol. The Bertz CT molecular complexity index is 805. The average Bonchev–Trinajstić information content (AvgIpc) is 2.76. The normalized spacial score (nSPS) is 15.9. The zero-order valence-corrected chi connectivity index (χ0v) is 20.0. The number of ether oxygens (including phenoxy) is 1. The second-order valence-electron chi connectivity index (χ2n) is 8.66. The molecular formula is C20H23F17O2. The van der Waals surface area contributed by atoms with E-state index < -0.39 is 72.5 Å². The van der Waals surface area contributed by atoms with Crippen molar-refractivity contribution < 1.29 is 84.2 Å². The molecule has 1 unspecified atom stereocenters. The lowest BCUT2D eigenvalue weighted by Crippen LogP contribution is -2.74. The van der Waals surface area contributed by atoms with Gasteiger partial charge in [-0.25, -0.2) is 0 Å². The number of carbonyl (C=O) groups is 1. The summed E-state index contributed by atoms with van der Waals surface area (Å²) < 4.78 is 231. The molecular weight excluding hydrogens is 595 g/mol. The molecule has 0 aliphatic heterocycles. The lowest BCUT2D eigenvalue weighted by atomic mass is 9.85. The number of esters is 1. The maximum absolute atomic E-state index is 14.1. The van der Waals surface area contributed by atoms with Crippen LogP contribution in [0.15, 0.2) is 0 Å². The first-order valence-corrected chi connectivity index (χ1v) is 11.0. The zero-order valence-electron chi connectivity index (χ0n) is 20.0. The average molecular weight is 618 g/mol. The van der Waals surface area contributed by atoms with Gasteiger partial charge in [0.05, 0.1) is 13.0 Å². The van der Waals surface area contributed by atoms with Gasteiger partial charge in [-0.1, -0.05) is 46.0 Å². The Morgan fingerprint density at radius 1 is 0.564 bits per heavy atom. The molecule has 0 aromatic rings. The lowest BCUT2D eigenvalue weighted by Gasteiger charge is -2.43. The van der Waals surface area contributed by atoms with Crippen LogP contribution in [0.2, 0.25) is 0 Å². The molecule has 0 heterocycles. The second-order valence-corrected chi connectivity index (χ2v) is 8.66. The minimum Gasteiger partial charge on any atom is -0.466 e.